The minimum Gasteiger partial charge on any atom is -0.356 e. The summed E-state index contributed by atoms with van der Waals surface area (Å²) in [6.45, 7) is 2.75. The molecule has 0 aromatic rings. The Bertz CT molecular complexity index is 172. The van der Waals surface area contributed by atoms with Crippen molar-refractivity contribution in [2.45, 2.75) is 45.4 Å². The molecule has 0 spiro atoms. The quantitative estimate of drug-likeness (QED) is 0.612. The molecular weight excluding hydrogens is 164 g/mol. The Morgan fingerprint density at radius 3 is 2.77 bits per heavy atom. The normalized spacial score (nSPS) is 9.23. The fourth-order valence-corrected chi connectivity index (χ4v) is 1.05. The van der Waals surface area contributed by atoms with Gasteiger partial charge in [-0.3, -0.25) is 4.79 Å². The number of hydrogen-bond acceptors (Lipinski definition) is 2. The van der Waals surface area contributed by atoms with Crippen molar-refractivity contribution in [1.29, 1.82) is 5.26 Å². The van der Waals surface area contributed by atoms with E-state index >= 15 is 0 Å². The predicted octanol–water partition coefficient (Wildman–Crippen LogP) is 1.99. The van der Waals surface area contributed by atoms with E-state index in [1.165, 1.54) is 0 Å². The first-order chi connectivity index (χ1) is 6.31. The third-order valence-corrected chi connectivity index (χ3v) is 1.76. The van der Waals surface area contributed by atoms with Gasteiger partial charge >= 0.3 is 0 Å². The molecular formula is C10H18N2O. The topological polar surface area (TPSA) is 52.9 Å². The molecule has 3 heteroatoms. The van der Waals surface area contributed by atoms with Gasteiger partial charge in [0.25, 0.3) is 0 Å². The molecule has 1 amide bonds. The number of carbonyl (C=O) groups excluding carboxylic acids is 1. The molecule has 0 unspecified atom stereocenters. The highest BCUT2D eigenvalue weighted by molar-refractivity contribution is 5.75. The van der Waals surface area contributed by atoms with E-state index in [-0.39, 0.29) is 5.91 Å². The van der Waals surface area contributed by atoms with E-state index in [1.807, 2.05) is 6.92 Å². The summed E-state index contributed by atoms with van der Waals surface area (Å²) in [6.07, 6.45) is 5.11. The number of nitrogens with zero attached hydrogens (tertiary/aromatic N) is 1. The van der Waals surface area contributed by atoms with Crippen LogP contribution in [-0.4, -0.2) is 12.5 Å². The lowest BCUT2D eigenvalue weighted by Crippen LogP contribution is -2.23. The second-order valence-corrected chi connectivity index (χ2v) is 3.07. The molecule has 0 atom stereocenters. The Labute approximate surface area is 80.1 Å². The van der Waals surface area contributed by atoms with Crippen molar-refractivity contribution >= 4 is 5.91 Å². The van der Waals surface area contributed by atoms with E-state index in [9.17, 15) is 4.79 Å². The van der Waals surface area contributed by atoms with E-state index in [0.29, 0.717) is 12.8 Å². The number of nitriles is 1. The number of unbranched alkanes of at least 4 members (excludes halogenated alkanes) is 3. The molecule has 0 saturated carbocycles. The smallest absolute Gasteiger partial charge is 0.219 e. The number of hydrogen-bond donors (Lipinski definition) is 1. The third kappa shape index (κ3) is 8.87. The molecule has 0 saturated heterocycles. The summed E-state index contributed by atoms with van der Waals surface area (Å²) in [5.41, 5.74) is 0. The van der Waals surface area contributed by atoms with Crippen LogP contribution in [0.4, 0.5) is 0 Å². The zero-order valence-corrected chi connectivity index (χ0v) is 8.31. The highest BCUT2D eigenvalue weighted by Crippen LogP contribution is 1.97. The maximum absolute atomic E-state index is 11.0. The van der Waals surface area contributed by atoms with Gasteiger partial charge in [-0.25, -0.2) is 0 Å². The van der Waals surface area contributed by atoms with Crippen molar-refractivity contribution in [3.05, 3.63) is 0 Å². The van der Waals surface area contributed by atoms with E-state index in [2.05, 4.69) is 11.4 Å². The second-order valence-electron chi connectivity index (χ2n) is 3.07. The monoisotopic (exact) mass is 182 g/mol. The van der Waals surface area contributed by atoms with Crippen LogP contribution in [0.1, 0.15) is 45.4 Å². The molecule has 0 aliphatic rings. The summed E-state index contributed by atoms with van der Waals surface area (Å²) >= 11 is 0. The van der Waals surface area contributed by atoms with Gasteiger partial charge in [0, 0.05) is 19.4 Å². The number of rotatable bonds is 7. The van der Waals surface area contributed by atoms with Gasteiger partial charge in [0.2, 0.25) is 5.91 Å². The van der Waals surface area contributed by atoms with E-state index in [0.717, 1.165) is 32.2 Å². The van der Waals surface area contributed by atoms with Crippen LogP contribution in [0.3, 0.4) is 0 Å². The lowest BCUT2D eigenvalue weighted by molar-refractivity contribution is -0.121. The Balaban J connectivity index is 3.07. The molecule has 0 aliphatic heterocycles. The van der Waals surface area contributed by atoms with Crippen molar-refractivity contribution in [2.24, 2.45) is 0 Å². The standard InChI is InChI=1S/C10H18N2O/c1-2-7-10(13)12-9-6-4-3-5-8-11/h2-7,9H2,1H3,(H,12,13). The van der Waals surface area contributed by atoms with Gasteiger partial charge in [-0.2, -0.15) is 5.26 Å². The van der Waals surface area contributed by atoms with Crippen LogP contribution >= 0.6 is 0 Å². The first kappa shape index (κ1) is 12.0. The highest BCUT2D eigenvalue weighted by Gasteiger charge is 1.96. The van der Waals surface area contributed by atoms with Crippen molar-refractivity contribution in [3.63, 3.8) is 0 Å². The summed E-state index contributed by atoms with van der Waals surface area (Å²) in [4.78, 5) is 11.0. The molecule has 0 fully saturated rings. The predicted molar refractivity (Wildman–Crippen MR) is 52.0 cm³/mol. The Hall–Kier alpha value is -1.04. The van der Waals surface area contributed by atoms with E-state index in [4.69, 9.17) is 5.26 Å². The molecule has 1 N–H and O–H groups in total. The Morgan fingerprint density at radius 1 is 1.38 bits per heavy atom. The van der Waals surface area contributed by atoms with E-state index in [1.54, 1.807) is 0 Å². The molecule has 13 heavy (non-hydrogen) atoms. The third-order valence-electron chi connectivity index (χ3n) is 1.76. The van der Waals surface area contributed by atoms with Crippen molar-refractivity contribution in [1.82, 2.24) is 5.32 Å². The maximum atomic E-state index is 11.0. The minimum absolute atomic E-state index is 0.141. The molecule has 0 aliphatic carbocycles. The van der Waals surface area contributed by atoms with Crippen LogP contribution in [0.15, 0.2) is 0 Å². The minimum atomic E-state index is 0.141. The molecule has 0 aromatic carbocycles. The molecule has 0 radical (unpaired) electrons. The molecule has 0 heterocycles. The number of nitrogens with one attached hydrogen (secondary N) is 1. The highest BCUT2D eigenvalue weighted by atomic mass is 16.1. The van der Waals surface area contributed by atoms with Crippen LogP contribution in [-0.2, 0) is 4.79 Å². The first-order valence-corrected chi connectivity index (χ1v) is 4.95. The van der Waals surface area contributed by atoms with Gasteiger partial charge in [0.05, 0.1) is 6.07 Å². The summed E-state index contributed by atoms with van der Waals surface area (Å²) < 4.78 is 0. The summed E-state index contributed by atoms with van der Waals surface area (Å²) in [6, 6.07) is 2.10. The van der Waals surface area contributed by atoms with Crippen LogP contribution in [0.25, 0.3) is 0 Å². The summed E-state index contributed by atoms with van der Waals surface area (Å²) in [5.74, 6) is 0.141. The average Bonchev–Trinajstić information content (AvgIpc) is 2.11. The SMILES string of the molecule is CCCC(=O)NCCCCCC#N. The first-order valence-electron chi connectivity index (χ1n) is 4.95. The van der Waals surface area contributed by atoms with Crippen molar-refractivity contribution in [2.75, 3.05) is 6.54 Å². The summed E-state index contributed by atoms with van der Waals surface area (Å²) in [5, 5.41) is 11.1. The maximum Gasteiger partial charge on any atom is 0.219 e. The molecule has 0 rings (SSSR count). The van der Waals surface area contributed by atoms with Gasteiger partial charge in [-0.15, -0.1) is 0 Å². The van der Waals surface area contributed by atoms with Crippen LogP contribution in [0, 0.1) is 11.3 Å². The Kier molecular flexibility index (Phi) is 8.33. The van der Waals surface area contributed by atoms with Gasteiger partial charge in [-0.1, -0.05) is 13.3 Å². The van der Waals surface area contributed by atoms with Crippen LogP contribution < -0.4 is 5.32 Å². The fourth-order valence-electron chi connectivity index (χ4n) is 1.05. The summed E-state index contributed by atoms with van der Waals surface area (Å²) in [7, 11) is 0. The molecule has 0 bridgehead atoms. The van der Waals surface area contributed by atoms with Crippen molar-refractivity contribution in [3.8, 4) is 6.07 Å². The van der Waals surface area contributed by atoms with Gasteiger partial charge < -0.3 is 5.32 Å². The van der Waals surface area contributed by atoms with E-state index < -0.39 is 0 Å². The van der Waals surface area contributed by atoms with Crippen molar-refractivity contribution < 1.29 is 4.79 Å². The fraction of sp³-hybridized carbons (Fsp3) is 0.800. The largest absolute Gasteiger partial charge is 0.356 e. The zero-order valence-electron chi connectivity index (χ0n) is 8.31. The van der Waals surface area contributed by atoms with Gasteiger partial charge in [0.1, 0.15) is 0 Å². The van der Waals surface area contributed by atoms with Crippen LogP contribution in [0.5, 0.6) is 0 Å². The number of amides is 1. The Morgan fingerprint density at radius 2 is 2.15 bits per heavy atom. The van der Waals surface area contributed by atoms with Crippen LogP contribution in [0.2, 0.25) is 0 Å². The van der Waals surface area contributed by atoms with Gasteiger partial charge in [-0.05, 0) is 19.3 Å². The lowest BCUT2D eigenvalue weighted by Gasteiger charge is -2.02. The van der Waals surface area contributed by atoms with Gasteiger partial charge in [0.15, 0.2) is 0 Å². The zero-order chi connectivity index (χ0) is 9.94. The molecule has 3 nitrogen and oxygen atoms in total. The molecule has 0 aromatic heterocycles. The average molecular weight is 182 g/mol. The second kappa shape index (κ2) is 9.05. The molecule has 74 valence electrons. The lowest BCUT2D eigenvalue weighted by atomic mass is 10.2. The number of carbonyl (C=O) groups is 1.